The first kappa shape index (κ1) is 17.5. The molecule has 0 aliphatic heterocycles. The Balaban J connectivity index is 1.63. The van der Waals surface area contributed by atoms with Gasteiger partial charge in [0.15, 0.2) is 11.0 Å². The number of aromatic nitrogens is 3. The van der Waals surface area contributed by atoms with Crippen LogP contribution in [-0.4, -0.2) is 27.1 Å². The quantitative estimate of drug-likeness (QED) is 0.454. The van der Waals surface area contributed by atoms with Crippen molar-refractivity contribution >= 4 is 11.8 Å². The second-order valence-corrected chi connectivity index (χ2v) is 7.00. The molecule has 0 amide bonds. The lowest BCUT2D eigenvalue weighted by atomic mass is 10.1. The minimum Gasteiger partial charge on any atom is -0.493 e. The van der Waals surface area contributed by atoms with E-state index < -0.39 is 0 Å². The molecule has 0 aliphatic rings. The maximum absolute atomic E-state index is 5.81. The van der Waals surface area contributed by atoms with Gasteiger partial charge in [-0.15, -0.1) is 10.2 Å². The molecule has 0 saturated heterocycles. The van der Waals surface area contributed by atoms with Crippen LogP contribution in [0.3, 0.4) is 0 Å². The predicted octanol–water partition coefficient (Wildman–Crippen LogP) is 4.75. The third kappa shape index (κ3) is 4.42. The van der Waals surface area contributed by atoms with Gasteiger partial charge in [-0.25, -0.2) is 0 Å². The molecule has 3 rings (SSSR count). The van der Waals surface area contributed by atoms with Crippen LogP contribution in [0, 0.1) is 13.8 Å². The lowest BCUT2D eigenvalue weighted by Gasteiger charge is -2.09. The van der Waals surface area contributed by atoms with E-state index >= 15 is 0 Å². The van der Waals surface area contributed by atoms with E-state index in [1.165, 1.54) is 11.1 Å². The van der Waals surface area contributed by atoms with E-state index in [1.807, 2.05) is 12.1 Å². The molecule has 2 aromatic carbocycles. The summed E-state index contributed by atoms with van der Waals surface area (Å²) in [6, 6.07) is 16.5. The van der Waals surface area contributed by atoms with Crippen LogP contribution in [-0.2, 0) is 6.54 Å². The molecule has 5 heteroatoms. The maximum atomic E-state index is 5.81. The van der Waals surface area contributed by atoms with Gasteiger partial charge < -0.3 is 9.30 Å². The number of aryl methyl sites for hydroxylation is 2. The monoisotopic (exact) mass is 353 g/mol. The third-order valence-electron chi connectivity index (χ3n) is 3.88. The molecule has 3 aromatic rings. The molecule has 4 nitrogen and oxygen atoms in total. The van der Waals surface area contributed by atoms with Crippen LogP contribution >= 0.6 is 11.8 Å². The highest BCUT2D eigenvalue weighted by atomic mass is 32.2. The van der Waals surface area contributed by atoms with Gasteiger partial charge in [0, 0.05) is 17.9 Å². The van der Waals surface area contributed by atoms with E-state index in [9.17, 15) is 0 Å². The van der Waals surface area contributed by atoms with Gasteiger partial charge >= 0.3 is 0 Å². The van der Waals surface area contributed by atoms with Gasteiger partial charge in [0.1, 0.15) is 5.75 Å². The molecule has 0 saturated carbocycles. The second kappa shape index (κ2) is 8.21. The van der Waals surface area contributed by atoms with Gasteiger partial charge in [0.2, 0.25) is 0 Å². The summed E-state index contributed by atoms with van der Waals surface area (Å²) in [7, 11) is 0. The Morgan fingerprint density at radius 1 is 1.00 bits per heavy atom. The van der Waals surface area contributed by atoms with Crippen LogP contribution in [0.25, 0.3) is 11.4 Å². The molecule has 0 unspecified atom stereocenters. The fraction of sp³-hybridized carbons (Fsp3) is 0.300. The van der Waals surface area contributed by atoms with Crippen LogP contribution in [0.1, 0.15) is 18.1 Å². The average molecular weight is 353 g/mol. The zero-order valence-corrected chi connectivity index (χ0v) is 15.7. The standard InChI is InChI=1S/C20H23N3OS/c1-4-23-19(17-9-5-7-15(2)13-17)21-22-20(23)25-12-11-24-18-10-6-8-16(3)14-18/h5-10,13-14H,4,11-12H2,1-3H3. The highest BCUT2D eigenvalue weighted by molar-refractivity contribution is 7.99. The predicted molar refractivity (Wildman–Crippen MR) is 103 cm³/mol. The fourth-order valence-corrected chi connectivity index (χ4v) is 3.50. The average Bonchev–Trinajstić information content (AvgIpc) is 3.02. The summed E-state index contributed by atoms with van der Waals surface area (Å²) in [6.07, 6.45) is 0. The summed E-state index contributed by atoms with van der Waals surface area (Å²) in [6.45, 7) is 7.77. The lowest BCUT2D eigenvalue weighted by molar-refractivity contribution is 0.343. The van der Waals surface area contributed by atoms with Crippen LogP contribution in [0.2, 0.25) is 0 Å². The Morgan fingerprint density at radius 2 is 1.76 bits per heavy atom. The first-order chi connectivity index (χ1) is 12.2. The normalized spacial score (nSPS) is 10.8. The smallest absolute Gasteiger partial charge is 0.191 e. The molecule has 0 atom stereocenters. The summed E-state index contributed by atoms with van der Waals surface area (Å²) < 4.78 is 7.97. The van der Waals surface area contributed by atoms with Gasteiger partial charge in [-0.3, -0.25) is 0 Å². The minimum atomic E-state index is 0.643. The van der Waals surface area contributed by atoms with Crippen molar-refractivity contribution in [3.63, 3.8) is 0 Å². The molecule has 0 aliphatic carbocycles. The SMILES string of the molecule is CCn1c(SCCOc2cccc(C)c2)nnc1-c1cccc(C)c1. The van der Waals surface area contributed by atoms with Gasteiger partial charge in [-0.05, 0) is 44.5 Å². The number of hydrogen-bond donors (Lipinski definition) is 0. The van der Waals surface area contributed by atoms with Crippen molar-refractivity contribution in [1.82, 2.24) is 14.8 Å². The number of ether oxygens (including phenoxy) is 1. The molecule has 0 bridgehead atoms. The molecule has 0 radical (unpaired) electrons. The van der Waals surface area contributed by atoms with Crippen molar-refractivity contribution in [2.75, 3.05) is 12.4 Å². The first-order valence-corrected chi connectivity index (χ1v) is 9.48. The van der Waals surface area contributed by atoms with Gasteiger partial charge in [0.25, 0.3) is 0 Å². The van der Waals surface area contributed by atoms with Gasteiger partial charge in [-0.2, -0.15) is 0 Å². The van der Waals surface area contributed by atoms with E-state index in [0.717, 1.165) is 34.6 Å². The highest BCUT2D eigenvalue weighted by Crippen LogP contribution is 2.24. The van der Waals surface area contributed by atoms with Crippen molar-refractivity contribution in [3.05, 3.63) is 59.7 Å². The molecular weight excluding hydrogens is 330 g/mol. The molecule has 1 heterocycles. The van der Waals surface area contributed by atoms with E-state index in [-0.39, 0.29) is 0 Å². The maximum Gasteiger partial charge on any atom is 0.191 e. The summed E-state index contributed by atoms with van der Waals surface area (Å²) in [5.74, 6) is 2.67. The Morgan fingerprint density at radius 3 is 2.48 bits per heavy atom. The molecule has 25 heavy (non-hydrogen) atoms. The highest BCUT2D eigenvalue weighted by Gasteiger charge is 2.13. The van der Waals surface area contributed by atoms with Crippen LogP contribution in [0.15, 0.2) is 53.7 Å². The van der Waals surface area contributed by atoms with Crippen molar-refractivity contribution in [1.29, 1.82) is 0 Å². The zero-order chi connectivity index (χ0) is 17.6. The molecule has 0 fully saturated rings. The second-order valence-electron chi connectivity index (χ2n) is 5.93. The van der Waals surface area contributed by atoms with Crippen molar-refractivity contribution in [3.8, 4) is 17.1 Å². The van der Waals surface area contributed by atoms with E-state index in [1.54, 1.807) is 11.8 Å². The summed E-state index contributed by atoms with van der Waals surface area (Å²) in [4.78, 5) is 0. The number of nitrogens with zero attached hydrogens (tertiary/aromatic N) is 3. The fourth-order valence-electron chi connectivity index (χ4n) is 2.68. The summed E-state index contributed by atoms with van der Waals surface area (Å²) in [5.41, 5.74) is 3.54. The third-order valence-corrected chi connectivity index (χ3v) is 4.81. The molecule has 0 N–H and O–H groups in total. The van der Waals surface area contributed by atoms with E-state index in [2.05, 4.69) is 71.9 Å². The van der Waals surface area contributed by atoms with Gasteiger partial charge in [0.05, 0.1) is 6.61 Å². The zero-order valence-electron chi connectivity index (χ0n) is 14.9. The van der Waals surface area contributed by atoms with E-state index in [0.29, 0.717) is 6.61 Å². The number of rotatable bonds is 7. The summed E-state index contributed by atoms with van der Waals surface area (Å²) in [5, 5.41) is 9.71. The first-order valence-electron chi connectivity index (χ1n) is 8.50. The Hall–Kier alpha value is -2.27. The number of hydrogen-bond acceptors (Lipinski definition) is 4. The molecule has 1 aromatic heterocycles. The minimum absolute atomic E-state index is 0.643. The Kier molecular flexibility index (Phi) is 5.76. The van der Waals surface area contributed by atoms with E-state index in [4.69, 9.17) is 4.74 Å². The molecule has 0 spiro atoms. The topological polar surface area (TPSA) is 39.9 Å². The van der Waals surface area contributed by atoms with Gasteiger partial charge in [-0.1, -0.05) is 47.7 Å². The molecule has 130 valence electrons. The largest absolute Gasteiger partial charge is 0.493 e. The summed E-state index contributed by atoms with van der Waals surface area (Å²) >= 11 is 1.68. The van der Waals surface area contributed by atoms with Crippen LogP contribution in [0.4, 0.5) is 0 Å². The Labute approximate surface area is 153 Å². The lowest BCUT2D eigenvalue weighted by Crippen LogP contribution is -2.03. The number of thioether (sulfide) groups is 1. The van der Waals surface area contributed by atoms with Crippen molar-refractivity contribution in [2.24, 2.45) is 0 Å². The van der Waals surface area contributed by atoms with Crippen LogP contribution < -0.4 is 4.74 Å². The van der Waals surface area contributed by atoms with Crippen molar-refractivity contribution in [2.45, 2.75) is 32.5 Å². The Bertz CT molecular complexity index is 844. The van der Waals surface area contributed by atoms with Crippen molar-refractivity contribution < 1.29 is 4.74 Å². The van der Waals surface area contributed by atoms with Crippen LogP contribution in [0.5, 0.6) is 5.75 Å². The number of benzene rings is 2. The molecular formula is C20H23N3OS.